The van der Waals surface area contributed by atoms with Crippen LogP contribution in [0, 0.1) is 11.3 Å². The van der Waals surface area contributed by atoms with Crippen LogP contribution in [0.15, 0.2) is 53.6 Å². The van der Waals surface area contributed by atoms with Crippen LogP contribution in [-0.2, 0) is 10.0 Å². The van der Waals surface area contributed by atoms with Gasteiger partial charge < -0.3 is 10.1 Å². The lowest BCUT2D eigenvalue weighted by atomic mass is 10.2. The predicted molar refractivity (Wildman–Crippen MR) is 87.2 cm³/mol. The first kappa shape index (κ1) is 15.6. The summed E-state index contributed by atoms with van der Waals surface area (Å²) in [6.07, 6.45) is 1.50. The topological polar surface area (TPSA) is 123 Å². The van der Waals surface area contributed by atoms with E-state index >= 15 is 0 Å². The minimum atomic E-state index is -3.89. The van der Waals surface area contributed by atoms with Crippen molar-refractivity contribution < 1.29 is 18.3 Å². The number of para-hydroxylation sites is 1. The maximum atomic E-state index is 12.5. The quantitative estimate of drug-likeness (QED) is 0.673. The SMILES string of the molecule is N#Cc1c[nH]c2c(NS(=O)(=O)c3ccc(C(=O)O)cc3)cccc12. The second-order valence-electron chi connectivity index (χ2n) is 4.98. The van der Waals surface area contributed by atoms with E-state index < -0.39 is 16.0 Å². The Balaban J connectivity index is 1.99. The van der Waals surface area contributed by atoms with E-state index in [0.717, 1.165) is 0 Å². The Bertz CT molecular complexity index is 1080. The van der Waals surface area contributed by atoms with Crippen molar-refractivity contribution in [3.05, 3.63) is 59.8 Å². The van der Waals surface area contributed by atoms with Crippen LogP contribution in [0.1, 0.15) is 15.9 Å². The molecule has 0 aliphatic rings. The van der Waals surface area contributed by atoms with E-state index in [9.17, 15) is 13.2 Å². The second kappa shape index (κ2) is 5.72. The summed E-state index contributed by atoms with van der Waals surface area (Å²) in [6, 6.07) is 11.8. The molecule has 0 atom stereocenters. The molecule has 2 aromatic carbocycles. The predicted octanol–water partition coefficient (Wildman–Crippen LogP) is 2.54. The number of anilines is 1. The molecule has 7 nitrogen and oxygen atoms in total. The maximum absolute atomic E-state index is 12.5. The zero-order valence-electron chi connectivity index (χ0n) is 12.1. The lowest BCUT2D eigenvalue weighted by Crippen LogP contribution is -2.13. The summed E-state index contributed by atoms with van der Waals surface area (Å²) in [4.78, 5) is 13.7. The number of sulfonamides is 1. The third-order valence-electron chi connectivity index (χ3n) is 3.49. The number of nitriles is 1. The van der Waals surface area contributed by atoms with E-state index in [4.69, 9.17) is 10.4 Å². The van der Waals surface area contributed by atoms with Gasteiger partial charge in [-0.15, -0.1) is 0 Å². The lowest BCUT2D eigenvalue weighted by Gasteiger charge is -2.09. The summed E-state index contributed by atoms with van der Waals surface area (Å²) in [5, 5.41) is 18.5. The van der Waals surface area contributed by atoms with E-state index in [1.165, 1.54) is 30.5 Å². The number of nitrogens with one attached hydrogen (secondary N) is 2. The number of carbonyl (C=O) groups is 1. The highest BCUT2D eigenvalue weighted by Crippen LogP contribution is 2.27. The number of carboxylic acids is 1. The Hall–Kier alpha value is -3.31. The summed E-state index contributed by atoms with van der Waals surface area (Å²) in [5.41, 5.74) is 1.21. The van der Waals surface area contributed by atoms with Crippen molar-refractivity contribution in [1.29, 1.82) is 5.26 Å². The molecule has 0 fully saturated rings. The molecule has 3 N–H and O–H groups in total. The molecule has 0 aliphatic heterocycles. The van der Waals surface area contributed by atoms with E-state index in [2.05, 4.69) is 9.71 Å². The van der Waals surface area contributed by atoms with Crippen LogP contribution in [0.2, 0.25) is 0 Å². The number of hydrogen-bond acceptors (Lipinski definition) is 4. The highest BCUT2D eigenvalue weighted by molar-refractivity contribution is 7.92. The van der Waals surface area contributed by atoms with E-state index in [1.54, 1.807) is 18.2 Å². The summed E-state index contributed by atoms with van der Waals surface area (Å²) in [5.74, 6) is -1.13. The Morgan fingerprint density at radius 3 is 2.50 bits per heavy atom. The average molecular weight is 341 g/mol. The first-order valence-electron chi connectivity index (χ1n) is 6.79. The molecule has 0 saturated carbocycles. The zero-order chi connectivity index (χ0) is 17.3. The van der Waals surface area contributed by atoms with Gasteiger partial charge in [-0.3, -0.25) is 4.72 Å². The van der Waals surface area contributed by atoms with Gasteiger partial charge in [0.2, 0.25) is 0 Å². The second-order valence-corrected chi connectivity index (χ2v) is 6.66. The van der Waals surface area contributed by atoms with E-state index in [-0.39, 0.29) is 10.5 Å². The lowest BCUT2D eigenvalue weighted by molar-refractivity contribution is 0.0696. The standard InChI is InChI=1S/C16H11N3O4S/c17-8-11-9-18-15-13(11)2-1-3-14(15)19-24(22,23)12-6-4-10(5-7-12)16(20)21/h1-7,9,18-19H,(H,20,21). The van der Waals surface area contributed by atoms with Gasteiger partial charge in [-0.25, -0.2) is 13.2 Å². The Labute approximate surface area is 137 Å². The minimum Gasteiger partial charge on any atom is -0.478 e. The first-order valence-corrected chi connectivity index (χ1v) is 8.27. The van der Waals surface area contributed by atoms with Crippen molar-refractivity contribution in [2.45, 2.75) is 4.90 Å². The van der Waals surface area contributed by atoms with Crippen molar-refractivity contribution in [3.63, 3.8) is 0 Å². The van der Waals surface area contributed by atoms with Gasteiger partial charge in [0.15, 0.2) is 0 Å². The Morgan fingerprint density at radius 2 is 1.88 bits per heavy atom. The van der Waals surface area contributed by atoms with Gasteiger partial charge in [-0.2, -0.15) is 5.26 Å². The van der Waals surface area contributed by atoms with Crippen LogP contribution >= 0.6 is 0 Å². The zero-order valence-corrected chi connectivity index (χ0v) is 13.0. The number of aromatic nitrogens is 1. The number of rotatable bonds is 4. The van der Waals surface area contributed by atoms with Gasteiger partial charge in [0.05, 0.1) is 27.2 Å². The smallest absolute Gasteiger partial charge is 0.335 e. The van der Waals surface area contributed by atoms with E-state index in [0.29, 0.717) is 22.2 Å². The van der Waals surface area contributed by atoms with Crippen molar-refractivity contribution in [2.75, 3.05) is 4.72 Å². The largest absolute Gasteiger partial charge is 0.478 e. The molecule has 0 aliphatic carbocycles. The molecule has 0 saturated heterocycles. The summed E-state index contributed by atoms with van der Waals surface area (Å²) in [6.45, 7) is 0. The molecule has 8 heteroatoms. The number of aromatic carboxylic acids is 1. The summed E-state index contributed by atoms with van der Waals surface area (Å²) < 4.78 is 27.4. The molecular formula is C16H11N3O4S. The molecule has 0 unspecified atom stereocenters. The van der Waals surface area contributed by atoms with Crippen LogP contribution in [0.5, 0.6) is 0 Å². The van der Waals surface area contributed by atoms with Crippen molar-refractivity contribution in [1.82, 2.24) is 4.98 Å². The molecule has 0 radical (unpaired) electrons. The fourth-order valence-corrected chi connectivity index (χ4v) is 3.38. The number of carboxylic acid groups (broad SMARTS) is 1. The van der Waals surface area contributed by atoms with Crippen LogP contribution in [0.4, 0.5) is 5.69 Å². The molecule has 24 heavy (non-hydrogen) atoms. The van der Waals surface area contributed by atoms with Gasteiger partial charge >= 0.3 is 5.97 Å². The molecule has 0 spiro atoms. The molecule has 1 aromatic heterocycles. The molecule has 0 bridgehead atoms. The van der Waals surface area contributed by atoms with Crippen molar-refractivity contribution in [2.24, 2.45) is 0 Å². The number of nitrogens with zero attached hydrogens (tertiary/aromatic N) is 1. The third-order valence-corrected chi connectivity index (χ3v) is 4.87. The average Bonchev–Trinajstić information content (AvgIpc) is 2.99. The van der Waals surface area contributed by atoms with Crippen LogP contribution in [-0.4, -0.2) is 24.5 Å². The number of H-pyrrole nitrogens is 1. The van der Waals surface area contributed by atoms with Gasteiger partial charge in [0.25, 0.3) is 10.0 Å². The van der Waals surface area contributed by atoms with Crippen LogP contribution < -0.4 is 4.72 Å². The van der Waals surface area contributed by atoms with E-state index in [1.807, 2.05) is 6.07 Å². The first-order chi connectivity index (χ1) is 11.4. The Morgan fingerprint density at radius 1 is 1.17 bits per heavy atom. The van der Waals surface area contributed by atoms with Crippen LogP contribution in [0.3, 0.4) is 0 Å². The molecular weight excluding hydrogens is 330 g/mol. The number of aromatic amines is 1. The molecule has 1 heterocycles. The van der Waals surface area contributed by atoms with Crippen molar-refractivity contribution in [3.8, 4) is 6.07 Å². The monoisotopic (exact) mass is 341 g/mol. The Kier molecular flexibility index (Phi) is 3.71. The molecule has 3 aromatic rings. The highest BCUT2D eigenvalue weighted by Gasteiger charge is 2.17. The fourth-order valence-electron chi connectivity index (χ4n) is 2.31. The number of hydrogen-bond donors (Lipinski definition) is 3. The highest BCUT2D eigenvalue weighted by atomic mass is 32.2. The van der Waals surface area contributed by atoms with Gasteiger partial charge in [0, 0.05) is 11.6 Å². The van der Waals surface area contributed by atoms with Gasteiger partial charge in [-0.1, -0.05) is 12.1 Å². The van der Waals surface area contributed by atoms with Gasteiger partial charge in [0.1, 0.15) is 6.07 Å². The summed E-state index contributed by atoms with van der Waals surface area (Å²) >= 11 is 0. The van der Waals surface area contributed by atoms with Crippen LogP contribution in [0.25, 0.3) is 10.9 Å². The normalized spacial score (nSPS) is 11.1. The van der Waals surface area contributed by atoms with Gasteiger partial charge in [-0.05, 0) is 30.3 Å². The minimum absolute atomic E-state index is 0.000851. The molecule has 3 rings (SSSR count). The fraction of sp³-hybridized carbons (Fsp3) is 0. The molecule has 0 amide bonds. The summed E-state index contributed by atoms with van der Waals surface area (Å²) in [7, 11) is -3.89. The number of benzene rings is 2. The maximum Gasteiger partial charge on any atom is 0.335 e. The number of fused-ring (bicyclic) bond motifs is 1. The third kappa shape index (κ3) is 2.68. The van der Waals surface area contributed by atoms with Crippen molar-refractivity contribution >= 4 is 32.6 Å². The molecule has 120 valence electrons.